The van der Waals surface area contributed by atoms with Gasteiger partial charge in [-0.05, 0) is 29.8 Å². The van der Waals surface area contributed by atoms with Gasteiger partial charge in [-0.3, -0.25) is 10.1 Å². The van der Waals surface area contributed by atoms with Gasteiger partial charge in [-0.2, -0.15) is 0 Å². The molecule has 0 saturated carbocycles. The molecule has 0 aliphatic heterocycles. The van der Waals surface area contributed by atoms with Crippen LogP contribution in [-0.2, 0) is 0 Å². The molecule has 16 heavy (non-hydrogen) atoms. The number of anilines is 1. The highest BCUT2D eigenvalue weighted by Crippen LogP contribution is 2.25. The van der Waals surface area contributed by atoms with Crippen LogP contribution < -0.4 is 5.32 Å². The van der Waals surface area contributed by atoms with E-state index in [1.807, 2.05) is 13.8 Å². The molecule has 0 aliphatic rings. The molecule has 2 heterocycles. The zero-order chi connectivity index (χ0) is 11.7. The second kappa shape index (κ2) is 4.60. The first-order chi connectivity index (χ1) is 7.56. The van der Waals surface area contributed by atoms with Gasteiger partial charge in [0, 0.05) is 0 Å². The van der Waals surface area contributed by atoms with E-state index in [0.717, 1.165) is 14.5 Å². The van der Waals surface area contributed by atoms with Crippen molar-refractivity contribution in [1.29, 1.82) is 0 Å². The smallest absolute Gasteiger partial charge is 0.269 e. The lowest BCUT2D eigenvalue weighted by Crippen LogP contribution is -2.11. The van der Waals surface area contributed by atoms with Gasteiger partial charge in [-0.1, -0.05) is 11.3 Å². The van der Waals surface area contributed by atoms with Crippen molar-refractivity contribution in [3.05, 3.63) is 25.6 Å². The largest absolute Gasteiger partial charge is 0.297 e. The standard InChI is InChI=1S/C9H8BrN3OS2/c1-4-7(15-5(2)12-4)8(14)13-9-11-3-6(10)16-9/h3H,1-2H3,(H,11,13,14). The van der Waals surface area contributed by atoms with Gasteiger partial charge >= 0.3 is 0 Å². The Morgan fingerprint density at radius 2 is 2.19 bits per heavy atom. The second-order valence-corrected chi connectivity index (χ2v) is 6.68. The minimum atomic E-state index is -0.148. The maximum Gasteiger partial charge on any atom is 0.269 e. The van der Waals surface area contributed by atoms with Crippen LogP contribution in [0.5, 0.6) is 0 Å². The van der Waals surface area contributed by atoms with Crippen molar-refractivity contribution < 1.29 is 4.79 Å². The molecule has 0 aliphatic carbocycles. The molecule has 7 heteroatoms. The molecule has 0 aromatic carbocycles. The molecule has 2 rings (SSSR count). The summed E-state index contributed by atoms with van der Waals surface area (Å²) in [6, 6.07) is 0. The fourth-order valence-electron chi connectivity index (χ4n) is 1.21. The third kappa shape index (κ3) is 2.47. The third-order valence-electron chi connectivity index (χ3n) is 1.81. The lowest BCUT2D eigenvalue weighted by atomic mass is 10.4. The number of nitrogens with one attached hydrogen (secondary N) is 1. The first kappa shape index (κ1) is 11.7. The molecule has 1 N–H and O–H groups in total. The number of aryl methyl sites for hydroxylation is 2. The molecule has 1 amide bonds. The van der Waals surface area contributed by atoms with Crippen molar-refractivity contribution in [2.45, 2.75) is 13.8 Å². The Bertz CT molecular complexity index is 535. The van der Waals surface area contributed by atoms with Crippen molar-refractivity contribution in [2.75, 3.05) is 5.32 Å². The molecular weight excluding hydrogens is 310 g/mol. The maximum absolute atomic E-state index is 11.9. The SMILES string of the molecule is Cc1nc(C)c(C(=O)Nc2ncc(Br)s2)s1. The summed E-state index contributed by atoms with van der Waals surface area (Å²) in [4.78, 5) is 20.8. The van der Waals surface area contributed by atoms with Crippen LogP contribution in [0.4, 0.5) is 5.13 Å². The van der Waals surface area contributed by atoms with E-state index >= 15 is 0 Å². The molecule has 2 aromatic rings. The van der Waals surface area contributed by atoms with Crippen LogP contribution in [0.2, 0.25) is 0 Å². The number of aromatic nitrogens is 2. The third-order valence-corrected chi connectivity index (χ3v) is 4.27. The van der Waals surface area contributed by atoms with Crippen LogP contribution in [-0.4, -0.2) is 15.9 Å². The number of nitrogens with zero attached hydrogens (tertiary/aromatic N) is 2. The topological polar surface area (TPSA) is 54.9 Å². The Kier molecular flexibility index (Phi) is 3.36. The van der Waals surface area contributed by atoms with Gasteiger partial charge in [-0.25, -0.2) is 9.97 Å². The molecule has 84 valence electrons. The number of carbonyl (C=O) groups excluding carboxylic acids is 1. The summed E-state index contributed by atoms with van der Waals surface area (Å²) in [5, 5.41) is 4.22. The minimum Gasteiger partial charge on any atom is -0.297 e. The number of carbonyl (C=O) groups is 1. The van der Waals surface area contributed by atoms with E-state index in [-0.39, 0.29) is 5.91 Å². The van der Waals surface area contributed by atoms with Crippen molar-refractivity contribution >= 4 is 49.6 Å². The lowest BCUT2D eigenvalue weighted by molar-refractivity contribution is 0.103. The van der Waals surface area contributed by atoms with E-state index in [1.54, 1.807) is 6.20 Å². The van der Waals surface area contributed by atoms with Crippen LogP contribution in [0.1, 0.15) is 20.4 Å². The fraction of sp³-hybridized carbons (Fsp3) is 0.222. The summed E-state index contributed by atoms with van der Waals surface area (Å²) in [6.45, 7) is 3.71. The van der Waals surface area contributed by atoms with Crippen molar-refractivity contribution in [3.8, 4) is 0 Å². The van der Waals surface area contributed by atoms with Crippen LogP contribution in [0, 0.1) is 13.8 Å². The molecule has 4 nitrogen and oxygen atoms in total. The van der Waals surface area contributed by atoms with E-state index in [9.17, 15) is 4.79 Å². The van der Waals surface area contributed by atoms with E-state index in [0.29, 0.717) is 10.0 Å². The van der Waals surface area contributed by atoms with Gasteiger partial charge in [0.05, 0.1) is 20.7 Å². The van der Waals surface area contributed by atoms with Crippen molar-refractivity contribution in [1.82, 2.24) is 9.97 Å². The molecule has 0 bridgehead atoms. The normalized spacial score (nSPS) is 10.4. The quantitative estimate of drug-likeness (QED) is 0.925. The summed E-state index contributed by atoms with van der Waals surface area (Å²) < 4.78 is 0.889. The Hall–Kier alpha value is -0.790. The molecule has 0 spiro atoms. The van der Waals surface area contributed by atoms with E-state index < -0.39 is 0 Å². The number of thiazole rings is 2. The average Bonchev–Trinajstić information content (AvgIpc) is 2.73. The lowest BCUT2D eigenvalue weighted by Gasteiger charge is -1.98. The van der Waals surface area contributed by atoms with Gasteiger partial charge in [0.2, 0.25) is 0 Å². The van der Waals surface area contributed by atoms with Crippen LogP contribution in [0.15, 0.2) is 9.98 Å². The first-order valence-corrected chi connectivity index (χ1v) is 6.85. The van der Waals surface area contributed by atoms with Crippen molar-refractivity contribution in [3.63, 3.8) is 0 Å². The minimum absolute atomic E-state index is 0.148. The van der Waals surface area contributed by atoms with Crippen LogP contribution in [0.3, 0.4) is 0 Å². The molecule has 0 atom stereocenters. The Morgan fingerprint density at radius 3 is 2.69 bits per heavy atom. The average molecular weight is 318 g/mol. The van der Waals surface area contributed by atoms with Crippen molar-refractivity contribution in [2.24, 2.45) is 0 Å². The predicted octanol–water partition coefficient (Wildman–Crippen LogP) is 3.23. The fourth-order valence-corrected chi connectivity index (χ4v) is 3.12. The number of hydrogen-bond acceptors (Lipinski definition) is 5. The van der Waals surface area contributed by atoms with Crippen LogP contribution in [0.25, 0.3) is 0 Å². The molecule has 0 saturated heterocycles. The van der Waals surface area contributed by atoms with Gasteiger partial charge in [-0.15, -0.1) is 11.3 Å². The monoisotopic (exact) mass is 317 g/mol. The van der Waals surface area contributed by atoms with Gasteiger partial charge in [0.15, 0.2) is 5.13 Å². The summed E-state index contributed by atoms with van der Waals surface area (Å²) in [5.74, 6) is -0.148. The molecular formula is C9H8BrN3OS2. The maximum atomic E-state index is 11.9. The number of hydrogen-bond donors (Lipinski definition) is 1. The molecule has 2 aromatic heterocycles. The van der Waals surface area contributed by atoms with E-state index in [4.69, 9.17) is 0 Å². The van der Waals surface area contributed by atoms with Gasteiger partial charge in [0.25, 0.3) is 5.91 Å². The van der Waals surface area contributed by atoms with E-state index in [2.05, 4.69) is 31.2 Å². The zero-order valence-electron chi connectivity index (χ0n) is 8.57. The predicted molar refractivity (Wildman–Crippen MR) is 69.4 cm³/mol. The van der Waals surface area contributed by atoms with E-state index in [1.165, 1.54) is 22.7 Å². The number of halogens is 1. The Labute approximate surface area is 109 Å². The van der Waals surface area contributed by atoms with Crippen LogP contribution >= 0.6 is 38.6 Å². The summed E-state index contributed by atoms with van der Waals surface area (Å²) in [5.41, 5.74) is 0.760. The second-order valence-electron chi connectivity index (χ2n) is 3.07. The van der Waals surface area contributed by atoms with Gasteiger partial charge < -0.3 is 0 Å². The highest BCUT2D eigenvalue weighted by molar-refractivity contribution is 9.11. The Morgan fingerprint density at radius 1 is 1.44 bits per heavy atom. The first-order valence-electron chi connectivity index (χ1n) is 4.43. The molecule has 0 unspecified atom stereocenters. The number of amides is 1. The molecule has 0 fully saturated rings. The zero-order valence-corrected chi connectivity index (χ0v) is 11.8. The summed E-state index contributed by atoms with van der Waals surface area (Å²) >= 11 is 6.06. The number of rotatable bonds is 2. The highest BCUT2D eigenvalue weighted by atomic mass is 79.9. The van der Waals surface area contributed by atoms with Gasteiger partial charge in [0.1, 0.15) is 4.88 Å². The summed E-state index contributed by atoms with van der Waals surface area (Å²) in [6.07, 6.45) is 1.66. The molecule has 0 radical (unpaired) electrons. The summed E-state index contributed by atoms with van der Waals surface area (Å²) in [7, 11) is 0. The highest BCUT2D eigenvalue weighted by Gasteiger charge is 2.14. The Balaban J connectivity index is 2.17.